The Labute approximate surface area is 111 Å². The molecule has 0 saturated carbocycles. The van der Waals surface area contributed by atoms with Gasteiger partial charge in [-0.1, -0.05) is 36.4 Å². The Morgan fingerprint density at radius 1 is 0.842 bits per heavy atom. The number of benzene rings is 2. The molecule has 0 aliphatic carbocycles. The second kappa shape index (κ2) is 6.43. The van der Waals surface area contributed by atoms with Crippen molar-refractivity contribution in [2.24, 2.45) is 5.92 Å². The van der Waals surface area contributed by atoms with Crippen LogP contribution in [0.3, 0.4) is 0 Å². The van der Waals surface area contributed by atoms with Gasteiger partial charge in [0, 0.05) is 6.61 Å². The van der Waals surface area contributed by atoms with Crippen LogP contribution in [-0.2, 0) is 12.8 Å². The fourth-order valence-electron chi connectivity index (χ4n) is 2.15. The van der Waals surface area contributed by atoms with E-state index in [0.29, 0.717) is 12.0 Å². The predicted molar refractivity (Wildman–Crippen MR) is 70.8 cm³/mol. The molecule has 100 valence electrons. The van der Waals surface area contributed by atoms with Gasteiger partial charge in [-0.3, -0.25) is 0 Å². The van der Waals surface area contributed by atoms with Gasteiger partial charge in [-0.15, -0.1) is 0 Å². The quantitative estimate of drug-likeness (QED) is 0.876. The van der Waals surface area contributed by atoms with E-state index in [2.05, 4.69) is 0 Å². The molecule has 0 amide bonds. The second-order valence-electron chi connectivity index (χ2n) is 4.69. The van der Waals surface area contributed by atoms with E-state index >= 15 is 0 Å². The van der Waals surface area contributed by atoms with E-state index in [1.807, 2.05) is 30.3 Å². The Morgan fingerprint density at radius 3 is 2.16 bits per heavy atom. The smallest absolute Gasteiger partial charge is 0.159 e. The lowest BCUT2D eigenvalue weighted by Gasteiger charge is -2.14. The highest BCUT2D eigenvalue weighted by molar-refractivity contribution is 5.20. The van der Waals surface area contributed by atoms with Gasteiger partial charge in [-0.2, -0.15) is 0 Å². The first-order valence-corrected chi connectivity index (χ1v) is 6.27. The SMILES string of the molecule is OCC(Cc1ccccc1)Cc1ccc(F)c(F)c1. The van der Waals surface area contributed by atoms with E-state index in [-0.39, 0.29) is 12.5 Å². The number of aliphatic hydroxyl groups is 1. The first-order valence-electron chi connectivity index (χ1n) is 6.27. The van der Waals surface area contributed by atoms with Crippen molar-refractivity contribution in [3.8, 4) is 0 Å². The van der Waals surface area contributed by atoms with Gasteiger partial charge in [0.05, 0.1) is 0 Å². The van der Waals surface area contributed by atoms with Gasteiger partial charge in [0.15, 0.2) is 11.6 Å². The van der Waals surface area contributed by atoms with Crippen molar-refractivity contribution in [1.29, 1.82) is 0 Å². The summed E-state index contributed by atoms with van der Waals surface area (Å²) in [4.78, 5) is 0. The molecule has 3 heteroatoms. The number of hydrogen-bond donors (Lipinski definition) is 1. The van der Waals surface area contributed by atoms with Crippen LogP contribution in [0.1, 0.15) is 11.1 Å². The third-order valence-corrected chi connectivity index (χ3v) is 3.13. The molecule has 1 unspecified atom stereocenters. The van der Waals surface area contributed by atoms with Crippen molar-refractivity contribution in [1.82, 2.24) is 0 Å². The lowest BCUT2D eigenvalue weighted by atomic mass is 9.93. The van der Waals surface area contributed by atoms with Crippen LogP contribution >= 0.6 is 0 Å². The molecule has 0 radical (unpaired) electrons. The number of rotatable bonds is 5. The molecule has 1 atom stereocenters. The van der Waals surface area contributed by atoms with E-state index in [9.17, 15) is 13.9 Å². The first kappa shape index (κ1) is 13.7. The minimum absolute atomic E-state index is 0.00672. The van der Waals surface area contributed by atoms with Gasteiger partial charge in [0.2, 0.25) is 0 Å². The average molecular weight is 262 g/mol. The molecular formula is C16H16F2O. The van der Waals surface area contributed by atoms with Gasteiger partial charge in [-0.25, -0.2) is 8.78 Å². The highest BCUT2D eigenvalue weighted by atomic mass is 19.2. The highest BCUT2D eigenvalue weighted by Crippen LogP contribution is 2.16. The van der Waals surface area contributed by atoms with Crippen LogP contribution in [0.4, 0.5) is 8.78 Å². The zero-order valence-corrected chi connectivity index (χ0v) is 10.5. The van der Waals surface area contributed by atoms with Crippen molar-refractivity contribution in [3.05, 3.63) is 71.3 Å². The summed E-state index contributed by atoms with van der Waals surface area (Å²) in [6.07, 6.45) is 1.25. The summed E-state index contributed by atoms with van der Waals surface area (Å²) in [5.41, 5.74) is 1.83. The van der Waals surface area contributed by atoms with Crippen LogP contribution in [0.25, 0.3) is 0 Å². The minimum Gasteiger partial charge on any atom is -0.396 e. The van der Waals surface area contributed by atoms with Gasteiger partial charge >= 0.3 is 0 Å². The summed E-state index contributed by atoms with van der Waals surface area (Å²) in [5.74, 6) is -1.67. The van der Waals surface area contributed by atoms with Crippen LogP contribution in [0.15, 0.2) is 48.5 Å². The Morgan fingerprint density at radius 2 is 1.53 bits per heavy atom. The van der Waals surface area contributed by atoms with Crippen LogP contribution in [0.5, 0.6) is 0 Å². The van der Waals surface area contributed by atoms with E-state index in [0.717, 1.165) is 18.1 Å². The van der Waals surface area contributed by atoms with Crippen LogP contribution in [0.2, 0.25) is 0 Å². The molecule has 1 N–H and O–H groups in total. The molecule has 1 nitrogen and oxygen atoms in total. The topological polar surface area (TPSA) is 20.2 Å². The third kappa shape index (κ3) is 3.86. The Bertz CT molecular complexity index is 526. The molecule has 2 rings (SSSR count). The molecule has 2 aromatic rings. The number of aliphatic hydroxyl groups excluding tert-OH is 1. The lowest BCUT2D eigenvalue weighted by Crippen LogP contribution is -2.13. The molecule has 2 aromatic carbocycles. The van der Waals surface area contributed by atoms with Crippen molar-refractivity contribution in [2.75, 3.05) is 6.61 Å². The van der Waals surface area contributed by atoms with Crippen molar-refractivity contribution in [2.45, 2.75) is 12.8 Å². The van der Waals surface area contributed by atoms with Crippen molar-refractivity contribution in [3.63, 3.8) is 0 Å². The first-order chi connectivity index (χ1) is 9.19. The van der Waals surface area contributed by atoms with Gasteiger partial charge in [0.25, 0.3) is 0 Å². The predicted octanol–water partition coefficient (Wildman–Crippen LogP) is 3.36. The molecule has 0 fully saturated rings. The summed E-state index contributed by atoms with van der Waals surface area (Å²) in [5, 5.41) is 9.40. The molecule has 19 heavy (non-hydrogen) atoms. The van der Waals surface area contributed by atoms with E-state index in [1.54, 1.807) is 6.07 Å². The molecule has 0 bridgehead atoms. The van der Waals surface area contributed by atoms with Gasteiger partial charge in [-0.05, 0) is 42.0 Å². The Balaban J connectivity index is 2.04. The van der Waals surface area contributed by atoms with E-state index in [4.69, 9.17) is 0 Å². The summed E-state index contributed by atoms with van der Waals surface area (Å²) in [6, 6.07) is 13.7. The fourth-order valence-corrected chi connectivity index (χ4v) is 2.15. The van der Waals surface area contributed by atoms with Crippen LogP contribution in [-0.4, -0.2) is 11.7 Å². The molecular weight excluding hydrogens is 246 g/mol. The third-order valence-electron chi connectivity index (χ3n) is 3.13. The zero-order chi connectivity index (χ0) is 13.7. The summed E-state index contributed by atoms with van der Waals surface area (Å²) in [7, 11) is 0. The molecule has 0 spiro atoms. The largest absolute Gasteiger partial charge is 0.396 e. The molecule has 0 aromatic heterocycles. The maximum atomic E-state index is 13.1. The maximum absolute atomic E-state index is 13.1. The van der Waals surface area contributed by atoms with E-state index < -0.39 is 11.6 Å². The zero-order valence-electron chi connectivity index (χ0n) is 10.5. The normalized spacial score (nSPS) is 12.4. The summed E-state index contributed by atoms with van der Waals surface area (Å²) >= 11 is 0. The maximum Gasteiger partial charge on any atom is 0.159 e. The Kier molecular flexibility index (Phi) is 4.63. The lowest BCUT2D eigenvalue weighted by molar-refractivity contribution is 0.225. The van der Waals surface area contributed by atoms with Crippen molar-refractivity contribution < 1.29 is 13.9 Å². The van der Waals surface area contributed by atoms with Crippen molar-refractivity contribution >= 4 is 0 Å². The molecule has 0 heterocycles. The Hall–Kier alpha value is -1.74. The minimum atomic E-state index is -0.840. The van der Waals surface area contributed by atoms with Gasteiger partial charge in [0.1, 0.15) is 0 Å². The van der Waals surface area contributed by atoms with Crippen LogP contribution in [0, 0.1) is 17.6 Å². The summed E-state index contributed by atoms with van der Waals surface area (Å²) in [6.45, 7) is 0.0217. The number of hydrogen-bond acceptors (Lipinski definition) is 1. The standard InChI is InChI=1S/C16H16F2O/c17-15-7-6-13(10-16(15)18)9-14(11-19)8-12-4-2-1-3-5-12/h1-7,10,14,19H,8-9,11H2. The highest BCUT2D eigenvalue weighted by Gasteiger charge is 2.11. The summed E-state index contributed by atoms with van der Waals surface area (Å²) < 4.78 is 26.0. The monoisotopic (exact) mass is 262 g/mol. The molecule has 0 saturated heterocycles. The average Bonchev–Trinajstić information content (AvgIpc) is 2.43. The number of halogens is 2. The fraction of sp³-hybridized carbons (Fsp3) is 0.250. The molecule has 0 aliphatic rings. The molecule has 0 aliphatic heterocycles. The van der Waals surface area contributed by atoms with Crippen LogP contribution < -0.4 is 0 Å². The van der Waals surface area contributed by atoms with Gasteiger partial charge < -0.3 is 5.11 Å². The second-order valence-corrected chi connectivity index (χ2v) is 4.69. The van der Waals surface area contributed by atoms with E-state index in [1.165, 1.54) is 6.07 Å².